The van der Waals surface area contributed by atoms with Crippen molar-refractivity contribution in [1.82, 2.24) is 14.8 Å². The van der Waals surface area contributed by atoms with E-state index in [1.165, 1.54) is 17.7 Å². The molecule has 4 rings (SSSR count). The van der Waals surface area contributed by atoms with Crippen molar-refractivity contribution < 1.29 is 18.3 Å². The normalized spacial score (nSPS) is 14.5. The van der Waals surface area contributed by atoms with Crippen molar-refractivity contribution in [2.24, 2.45) is 7.05 Å². The minimum absolute atomic E-state index is 0.0419. The van der Waals surface area contributed by atoms with E-state index in [9.17, 15) is 18.3 Å². The summed E-state index contributed by atoms with van der Waals surface area (Å²) in [6.45, 7) is 6.87. The van der Waals surface area contributed by atoms with E-state index in [0.717, 1.165) is 75.4 Å². The maximum absolute atomic E-state index is 13.8. The molecule has 0 fully saturated rings. The Morgan fingerprint density at radius 3 is 2.64 bits per heavy atom. The Labute approximate surface area is 233 Å². The summed E-state index contributed by atoms with van der Waals surface area (Å²) in [5, 5.41) is 18.3. The molecule has 1 unspecified atom stereocenters. The highest BCUT2D eigenvalue weighted by molar-refractivity contribution is 6.30. The minimum atomic E-state index is -4.44. The Morgan fingerprint density at radius 1 is 1.15 bits per heavy atom. The molecule has 3 heterocycles. The Kier molecular flexibility index (Phi) is 8.64. The van der Waals surface area contributed by atoms with E-state index in [2.05, 4.69) is 29.1 Å². The zero-order valence-electron chi connectivity index (χ0n) is 22.7. The number of aliphatic hydroxyl groups is 1. The predicted octanol–water partition coefficient (Wildman–Crippen LogP) is 7.63. The topological polar surface area (TPSA) is 63.0 Å². The van der Waals surface area contributed by atoms with Crippen LogP contribution in [0.25, 0.3) is 0 Å². The lowest BCUT2D eigenvalue weighted by Crippen LogP contribution is -2.36. The molecule has 1 aliphatic heterocycles. The van der Waals surface area contributed by atoms with Crippen LogP contribution in [0.4, 0.5) is 19.0 Å². The number of rotatable bonds is 10. The van der Waals surface area contributed by atoms with E-state index >= 15 is 0 Å². The largest absolute Gasteiger partial charge is 0.513 e. The van der Waals surface area contributed by atoms with E-state index in [-0.39, 0.29) is 28.7 Å². The molecule has 3 aromatic rings. The molecule has 9 heteroatoms. The molecule has 1 atom stereocenters. The lowest BCUT2D eigenvalue weighted by atomic mass is 9.81. The molecule has 2 N–H and O–H groups in total. The summed E-state index contributed by atoms with van der Waals surface area (Å²) in [4.78, 5) is 4.77. The molecular weight excluding hydrogens is 525 g/mol. The van der Waals surface area contributed by atoms with Crippen LogP contribution in [0.2, 0.25) is 5.02 Å². The van der Waals surface area contributed by atoms with E-state index in [4.69, 9.17) is 16.6 Å². The molecule has 0 bridgehead atoms. The molecule has 1 aromatic carbocycles. The molecule has 0 radical (unpaired) electrons. The summed E-state index contributed by atoms with van der Waals surface area (Å²) in [6.07, 6.45) is 0.950. The van der Waals surface area contributed by atoms with Gasteiger partial charge in [-0.15, -0.1) is 0 Å². The Bertz CT molecular complexity index is 1330. The summed E-state index contributed by atoms with van der Waals surface area (Å²) < 4.78 is 43.1. The second-order valence-electron chi connectivity index (χ2n) is 11.0. The summed E-state index contributed by atoms with van der Waals surface area (Å²) in [6, 6.07) is 10.9. The minimum Gasteiger partial charge on any atom is -0.513 e. The number of halogens is 4. The van der Waals surface area contributed by atoms with Crippen molar-refractivity contribution in [3.8, 4) is 0 Å². The van der Waals surface area contributed by atoms with Crippen LogP contribution in [-0.2, 0) is 38.1 Å². The van der Waals surface area contributed by atoms with E-state index in [1.807, 2.05) is 17.8 Å². The number of benzene rings is 1. The second-order valence-corrected chi connectivity index (χ2v) is 11.4. The van der Waals surface area contributed by atoms with Gasteiger partial charge in [-0.25, -0.2) is 4.98 Å². The average molecular weight is 561 g/mol. The van der Waals surface area contributed by atoms with Crippen LogP contribution in [0.15, 0.2) is 48.7 Å². The maximum atomic E-state index is 13.8. The fourth-order valence-corrected chi connectivity index (χ4v) is 5.32. The fourth-order valence-electron chi connectivity index (χ4n) is 5.08. The monoisotopic (exact) mass is 560 g/mol. The fraction of sp³-hybridized carbons (Fsp3) is 0.467. The summed E-state index contributed by atoms with van der Waals surface area (Å²) in [5.41, 5.74) is 2.82. The number of nitrogens with one attached hydrogen (secondary N) is 1. The van der Waals surface area contributed by atoms with E-state index in [1.54, 1.807) is 6.07 Å². The molecule has 39 heavy (non-hydrogen) atoms. The van der Waals surface area contributed by atoms with Crippen molar-refractivity contribution in [2.75, 3.05) is 11.9 Å². The van der Waals surface area contributed by atoms with E-state index in [0.29, 0.717) is 12.0 Å². The lowest BCUT2D eigenvalue weighted by molar-refractivity contribution is -0.180. The van der Waals surface area contributed by atoms with Crippen LogP contribution in [0, 0.1) is 0 Å². The molecular formula is C30H36ClF3N4O. The maximum Gasteiger partial charge on any atom is 0.397 e. The molecule has 5 nitrogen and oxygen atoms in total. The molecule has 0 spiro atoms. The molecule has 210 valence electrons. The number of fused-ring (bicyclic) bond motifs is 1. The number of pyridine rings is 1. The first kappa shape index (κ1) is 29.0. The SMILES string of the molecule is C=C(O)CC(Cc1cc(CCCc2ccc3c(n2)NCCC3)n(C)n1)c1cc(Cl)cc(C(C)(C)C(F)(F)F)c1. The van der Waals surface area contributed by atoms with Crippen LogP contribution < -0.4 is 5.32 Å². The number of aryl methyl sites for hydroxylation is 4. The van der Waals surface area contributed by atoms with Crippen molar-refractivity contribution in [3.05, 3.63) is 87.5 Å². The quantitative estimate of drug-likeness (QED) is 0.250. The molecule has 0 saturated carbocycles. The molecule has 0 aliphatic carbocycles. The Balaban J connectivity index is 1.48. The zero-order valence-corrected chi connectivity index (χ0v) is 23.5. The van der Waals surface area contributed by atoms with Crippen molar-refractivity contribution in [2.45, 2.75) is 76.3 Å². The molecule has 0 amide bonds. The zero-order chi connectivity index (χ0) is 28.4. The first-order valence-electron chi connectivity index (χ1n) is 13.3. The predicted molar refractivity (Wildman–Crippen MR) is 150 cm³/mol. The second kappa shape index (κ2) is 11.6. The first-order valence-corrected chi connectivity index (χ1v) is 13.7. The third-order valence-electron chi connectivity index (χ3n) is 7.60. The number of nitrogens with zero attached hydrogens (tertiary/aromatic N) is 3. The van der Waals surface area contributed by atoms with E-state index < -0.39 is 11.6 Å². The molecule has 1 aliphatic rings. The van der Waals surface area contributed by atoms with Crippen molar-refractivity contribution in [1.29, 1.82) is 0 Å². The highest BCUT2D eigenvalue weighted by Crippen LogP contribution is 2.42. The van der Waals surface area contributed by atoms with Gasteiger partial charge in [0, 0.05) is 36.4 Å². The van der Waals surface area contributed by atoms with Gasteiger partial charge in [-0.05, 0) is 99.2 Å². The van der Waals surface area contributed by atoms with Gasteiger partial charge in [0.2, 0.25) is 0 Å². The summed E-state index contributed by atoms with van der Waals surface area (Å²) >= 11 is 6.28. The van der Waals surface area contributed by atoms with Crippen LogP contribution in [0.5, 0.6) is 0 Å². The first-order chi connectivity index (χ1) is 18.3. The number of aromatic nitrogens is 3. The number of alkyl halides is 3. The van der Waals surface area contributed by atoms with Gasteiger partial charge in [-0.3, -0.25) is 4.68 Å². The standard InChI is InChI=1S/C30H36ClF3N4O/c1-19(39)13-21(22-14-23(17-24(31)15-22)29(2,3)30(32,33)34)16-26-18-27(38(4)37-26)9-5-8-25-11-10-20-7-6-12-35-28(20)36-25/h10-11,14-15,17-18,21,39H,1,5-9,12-13,16H2,2-4H3,(H,35,36). The average Bonchev–Trinajstić information content (AvgIpc) is 3.20. The number of hydrogen-bond acceptors (Lipinski definition) is 4. The summed E-state index contributed by atoms with van der Waals surface area (Å²) in [5.74, 6) is 0.625. The number of allylic oxidation sites excluding steroid dienone is 1. The van der Waals surface area contributed by atoms with Crippen LogP contribution in [-0.4, -0.2) is 32.6 Å². The number of aliphatic hydroxyl groups excluding tert-OH is 1. The van der Waals surface area contributed by atoms with Gasteiger partial charge < -0.3 is 10.4 Å². The van der Waals surface area contributed by atoms with Crippen molar-refractivity contribution in [3.63, 3.8) is 0 Å². The van der Waals surface area contributed by atoms with Gasteiger partial charge in [-0.1, -0.05) is 30.3 Å². The smallest absolute Gasteiger partial charge is 0.397 e. The highest BCUT2D eigenvalue weighted by atomic mass is 35.5. The van der Waals surface area contributed by atoms with Gasteiger partial charge in [0.05, 0.1) is 16.9 Å². The highest BCUT2D eigenvalue weighted by Gasteiger charge is 2.48. The number of hydrogen-bond donors (Lipinski definition) is 2. The van der Waals surface area contributed by atoms with Crippen LogP contribution >= 0.6 is 11.6 Å². The van der Waals surface area contributed by atoms with Gasteiger partial charge in [0.15, 0.2) is 0 Å². The molecule has 0 saturated heterocycles. The molecule has 2 aromatic heterocycles. The van der Waals surface area contributed by atoms with Gasteiger partial charge >= 0.3 is 6.18 Å². The van der Waals surface area contributed by atoms with Gasteiger partial charge in [-0.2, -0.15) is 18.3 Å². The Hall–Kier alpha value is -3.00. The number of anilines is 1. The van der Waals surface area contributed by atoms with Gasteiger partial charge in [0.25, 0.3) is 0 Å². The third kappa shape index (κ3) is 6.96. The van der Waals surface area contributed by atoms with Crippen molar-refractivity contribution >= 4 is 17.4 Å². The van der Waals surface area contributed by atoms with Crippen LogP contribution in [0.3, 0.4) is 0 Å². The van der Waals surface area contributed by atoms with Crippen LogP contribution in [0.1, 0.15) is 72.8 Å². The third-order valence-corrected chi connectivity index (χ3v) is 7.82. The lowest BCUT2D eigenvalue weighted by Gasteiger charge is -2.29. The van der Waals surface area contributed by atoms with Gasteiger partial charge in [0.1, 0.15) is 5.82 Å². The summed E-state index contributed by atoms with van der Waals surface area (Å²) in [7, 11) is 1.89. The Morgan fingerprint density at radius 2 is 1.92 bits per heavy atom.